The van der Waals surface area contributed by atoms with Crippen LogP contribution < -0.4 is 0 Å². The first kappa shape index (κ1) is 16.5. The van der Waals surface area contributed by atoms with E-state index in [1.54, 1.807) is 0 Å². The molecule has 0 spiro atoms. The summed E-state index contributed by atoms with van der Waals surface area (Å²) in [6.45, 7) is 10.0. The summed E-state index contributed by atoms with van der Waals surface area (Å²) in [6, 6.07) is 4.30. The molecule has 3 rings (SSSR count). The lowest BCUT2D eigenvalue weighted by Gasteiger charge is -2.12. The molecule has 2 heterocycles. The molecule has 0 unspecified atom stereocenters. The number of fused-ring (bicyclic) bond motifs is 1. The molecule has 126 valence electrons. The van der Waals surface area contributed by atoms with Gasteiger partial charge in [-0.05, 0) is 51.3 Å². The van der Waals surface area contributed by atoms with E-state index in [9.17, 15) is 10.2 Å². The highest BCUT2D eigenvalue weighted by atomic mass is 16.3. The first-order valence-electron chi connectivity index (χ1n) is 8.12. The van der Waals surface area contributed by atoms with Gasteiger partial charge in [-0.25, -0.2) is 4.98 Å². The summed E-state index contributed by atoms with van der Waals surface area (Å²) in [4.78, 5) is 4.69. The molecule has 0 aliphatic carbocycles. The van der Waals surface area contributed by atoms with E-state index in [2.05, 4.69) is 43.0 Å². The van der Waals surface area contributed by atoms with E-state index in [0.29, 0.717) is 17.6 Å². The normalized spacial score (nSPS) is 11.4. The fourth-order valence-electron chi connectivity index (χ4n) is 3.55. The Morgan fingerprint density at radius 3 is 2.17 bits per heavy atom. The Hall–Kier alpha value is -2.40. The Morgan fingerprint density at radius 1 is 0.958 bits per heavy atom. The molecule has 0 aliphatic rings. The topological polar surface area (TPSA) is 70.7 Å². The fraction of sp³-hybridized carbons (Fsp3) is 0.368. The first-order valence-corrected chi connectivity index (χ1v) is 8.12. The highest BCUT2D eigenvalue weighted by Gasteiger charge is 2.21. The zero-order valence-corrected chi connectivity index (χ0v) is 14.8. The maximum absolute atomic E-state index is 10.6. The maximum atomic E-state index is 10.6. The molecule has 1 aromatic carbocycles. The average molecular weight is 325 g/mol. The number of nitrogens with zero attached hydrogens (tertiary/aromatic N) is 3. The second-order valence-corrected chi connectivity index (χ2v) is 6.44. The Bertz CT molecular complexity index is 919. The van der Waals surface area contributed by atoms with Crippen LogP contribution in [0.3, 0.4) is 0 Å². The van der Waals surface area contributed by atoms with Crippen molar-refractivity contribution in [3.8, 4) is 17.0 Å². The third-order valence-electron chi connectivity index (χ3n) is 4.51. The van der Waals surface area contributed by atoms with Gasteiger partial charge < -0.3 is 10.2 Å². The molecule has 0 aliphatic heterocycles. The molecule has 2 N–H and O–H groups in total. The van der Waals surface area contributed by atoms with Crippen LogP contribution in [0.25, 0.3) is 16.8 Å². The molecule has 0 radical (unpaired) electrons. The minimum absolute atomic E-state index is 0.0368. The van der Waals surface area contributed by atoms with Gasteiger partial charge in [0.25, 0.3) is 0 Å². The van der Waals surface area contributed by atoms with Gasteiger partial charge in [-0.1, -0.05) is 17.7 Å². The minimum Gasteiger partial charge on any atom is -0.493 e. The maximum Gasteiger partial charge on any atom is 0.219 e. The summed E-state index contributed by atoms with van der Waals surface area (Å²) in [7, 11) is 0. The van der Waals surface area contributed by atoms with Crippen LogP contribution in [0.2, 0.25) is 0 Å². The highest BCUT2D eigenvalue weighted by molar-refractivity contribution is 5.84. The van der Waals surface area contributed by atoms with E-state index in [1.165, 1.54) is 21.2 Å². The van der Waals surface area contributed by atoms with Gasteiger partial charge in [-0.2, -0.15) is 9.61 Å². The minimum atomic E-state index is -0.0368. The number of hydrogen-bond acceptors (Lipinski definition) is 4. The first-order chi connectivity index (χ1) is 11.3. The van der Waals surface area contributed by atoms with Crippen molar-refractivity contribution in [3.63, 3.8) is 0 Å². The number of aromatic hydroxyl groups is 1. The standard InChI is InChI=1S/C19H23N3O2/c1-10-8-11(2)16(12(3)9-10)17-14(5)21-22-18(17)20-13(4)15(6-7-23)19(22)24/h8-9,23-24H,6-7H2,1-5H3. The van der Waals surface area contributed by atoms with Gasteiger partial charge in [0, 0.05) is 24.3 Å². The summed E-state index contributed by atoms with van der Waals surface area (Å²) < 4.78 is 1.49. The number of aryl methyl sites for hydroxylation is 5. The van der Waals surface area contributed by atoms with Crippen LogP contribution in [-0.4, -0.2) is 31.4 Å². The molecule has 0 fully saturated rings. The zero-order valence-electron chi connectivity index (χ0n) is 14.8. The smallest absolute Gasteiger partial charge is 0.219 e. The number of aliphatic hydroxyl groups is 1. The summed E-state index contributed by atoms with van der Waals surface area (Å²) in [5.74, 6) is 0.0586. The van der Waals surface area contributed by atoms with Gasteiger partial charge in [0.05, 0.1) is 11.3 Å². The molecule has 2 aromatic heterocycles. The molecule has 24 heavy (non-hydrogen) atoms. The van der Waals surface area contributed by atoms with Crippen molar-refractivity contribution in [2.45, 2.75) is 41.0 Å². The van der Waals surface area contributed by atoms with Crippen molar-refractivity contribution < 1.29 is 10.2 Å². The lowest BCUT2D eigenvalue weighted by atomic mass is 9.94. The number of rotatable bonds is 3. The van der Waals surface area contributed by atoms with Crippen molar-refractivity contribution in [2.24, 2.45) is 0 Å². The fourth-order valence-corrected chi connectivity index (χ4v) is 3.55. The van der Waals surface area contributed by atoms with E-state index in [4.69, 9.17) is 0 Å². The Morgan fingerprint density at radius 2 is 1.58 bits per heavy atom. The van der Waals surface area contributed by atoms with Gasteiger partial charge in [-0.3, -0.25) is 0 Å². The van der Waals surface area contributed by atoms with Gasteiger partial charge in [0.15, 0.2) is 5.65 Å². The Kier molecular flexibility index (Phi) is 4.05. The van der Waals surface area contributed by atoms with Gasteiger partial charge in [-0.15, -0.1) is 0 Å². The van der Waals surface area contributed by atoms with E-state index in [-0.39, 0.29) is 12.5 Å². The van der Waals surface area contributed by atoms with E-state index < -0.39 is 0 Å². The zero-order chi connectivity index (χ0) is 17.6. The van der Waals surface area contributed by atoms with Crippen molar-refractivity contribution >= 4 is 5.65 Å². The van der Waals surface area contributed by atoms with Crippen LogP contribution in [0.1, 0.15) is 33.6 Å². The molecule has 5 heteroatoms. The van der Waals surface area contributed by atoms with Crippen molar-refractivity contribution in [3.05, 3.63) is 45.8 Å². The molecular formula is C19H23N3O2. The molecule has 0 saturated heterocycles. The lowest BCUT2D eigenvalue weighted by molar-refractivity contribution is 0.295. The molecular weight excluding hydrogens is 302 g/mol. The SMILES string of the molecule is Cc1cc(C)c(-c2c(C)nn3c(O)c(CCO)c(C)nc23)c(C)c1. The summed E-state index contributed by atoms with van der Waals surface area (Å²) >= 11 is 0. The second kappa shape index (κ2) is 5.91. The van der Waals surface area contributed by atoms with Crippen LogP contribution in [0.4, 0.5) is 0 Å². The number of hydrogen-bond donors (Lipinski definition) is 2. The Balaban J connectivity index is 2.37. The number of benzene rings is 1. The second-order valence-electron chi connectivity index (χ2n) is 6.44. The van der Waals surface area contributed by atoms with Crippen LogP contribution in [0.5, 0.6) is 5.88 Å². The van der Waals surface area contributed by atoms with Crippen molar-refractivity contribution in [2.75, 3.05) is 6.61 Å². The average Bonchev–Trinajstić information content (AvgIpc) is 2.80. The Labute approximate surface area is 141 Å². The summed E-state index contributed by atoms with van der Waals surface area (Å²) in [6.07, 6.45) is 0.359. The van der Waals surface area contributed by atoms with Crippen molar-refractivity contribution in [1.82, 2.24) is 14.6 Å². The van der Waals surface area contributed by atoms with E-state index in [0.717, 1.165) is 22.5 Å². The third-order valence-corrected chi connectivity index (χ3v) is 4.51. The van der Waals surface area contributed by atoms with Crippen LogP contribution in [0, 0.1) is 34.6 Å². The van der Waals surface area contributed by atoms with Gasteiger partial charge in [0.2, 0.25) is 5.88 Å². The van der Waals surface area contributed by atoms with Gasteiger partial charge >= 0.3 is 0 Å². The van der Waals surface area contributed by atoms with Crippen LogP contribution >= 0.6 is 0 Å². The quantitative estimate of drug-likeness (QED) is 0.776. The molecule has 0 amide bonds. The monoisotopic (exact) mass is 325 g/mol. The predicted octanol–water partition coefficient (Wildman–Crippen LogP) is 3.18. The molecule has 5 nitrogen and oxygen atoms in total. The summed E-state index contributed by atoms with van der Waals surface area (Å²) in [5, 5.41) is 24.3. The van der Waals surface area contributed by atoms with Crippen molar-refractivity contribution in [1.29, 1.82) is 0 Å². The molecule has 0 bridgehead atoms. The molecule has 0 saturated carbocycles. The van der Waals surface area contributed by atoms with Crippen LogP contribution in [-0.2, 0) is 6.42 Å². The van der Waals surface area contributed by atoms with E-state index in [1.807, 2.05) is 13.8 Å². The lowest BCUT2D eigenvalue weighted by Crippen LogP contribution is -2.03. The number of aromatic nitrogens is 3. The molecule has 3 aromatic rings. The summed E-state index contributed by atoms with van der Waals surface area (Å²) in [5.41, 5.74) is 8.47. The van der Waals surface area contributed by atoms with Crippen LogP contribution in [0.15, 0.2) is 12.1 Å². The van der Waals surface area contributed by atoms with Gasteiger partial charge in [0.1, 0.15) is 0 Å². The van der Waals surface area contributed by atoms with E-state index >= 15 is 0 Å². The third kappa shape index (κ3) is 2.45. The highest BCUT2D eigenvalue weighted by Crippen LogP contribution is 2.35. The largest absolute Gasteiger partial charge is 0.493 e. The number of aliphatic hydroxyl groups excluding tert-OH is 1. The predicted molar refractivity (Wildman–Crippen MR) is 94.6 cm³/mol. The molecule has 0 atom stereocenters.